The summed E-state index contributed by atoms with van der Waals surface area (Å²) in [6.07, 6.45) is -1.56. The van der Waals surface area contributed by atoms with Crippen molar-refractivity contribution in [1.29, 1.82) is 0 Å². The van der Waals surface area contributed by atoms with Gasteiger partial charge in [-0.3, -0.25) is 28.9 Å². The van der Waals surface area contributed by atoms with E-state index < -0.39 is 108 Å². The van der Waals surface area contributed by atoms with Crippen LogP contribution in [0.5, 0.6) is 17.2 Å². The minimum absolute atomic E-state index is 0.0120. The Labute approximate surface area is 309 Å². The van der Waals surface area contributed by atoms with Crippen molar-refractivity contribution in [2.45, 2.75) is 88.1 Å². The normalized spacial score (nSPS) is 26.4. The van der Waals surface area contributed by atoms with E-state index in [1.807, 2.05) is 0 Å². The predicted octanol–water partition coefficient (Wildman–Crippen LogP) is 0.390. The quantitative estimate of drug-likeness (QED) is 0.0434. The number of aliphatic hydroxyl groups excluding tert-OH is 2. The molecule has 3 amide bonds. The van der Waals surface area contributed by atoms with Gasteiger partial charge in [-0.2, -0.15) is 5.10 Å². The largest absolute Gasteiger partial charge is 0.507 e. The van der Waals surface area contributed by atoms with E-state index in [2.05, 4.69) is 10.5 Å². The molecule has 0 spiro atoms. The Morgan fingerprint density at radius 3 is 2.43 bits per heavy atom. The molecule has 0 bridgehead atoms. The van der Waals surface area contributed by atoms with Gasteiger partial charge in [-0.15, -0.1) is 0 Å². The number of nitrogens with one attached hydrogen (secondary N) is 1. The number of methoxy groups -OCH3 is 1. The van der Waals surface area contributed by atoms with Crippen LogP contribution in [0.1, 0.15) is 94.5 Å². The molecule has 8 N–H and O–H groups in total. The average Bonchev–Trinajstić information content (AvgIpc) is 3.46. The molecule has 0 saturated carbocycles. The van der Waals surface area contributed by atoms with Crippen LogP contribution in [0.2, 0.25) is 0 Å². The first-order valence-electron chi connectivity index (χ1n) is 17.5. The van der Waals surface area contributed by atoms with Crippen molar-refractivity contribution >= 4 is 35.0 Å². The first-order valence-corrected chi connectivity index (χ1v) is 17.5. The first kappa shape index (κ1) is 38.7. The number of carbonyl (C=O) groups excluding carboxylic acids is 5. The third-order valence-electron chi connectivity index (χ3n) is 10.3. The molecule has 0 radical (unpaired) electrons. The fourth-order valence-corrected chi connectivity index (χ4v) is 7.47. The summed E-state index contributed by atoms with van der Waals surface area (Å²) in [5, 5.41) is 60.5. The van der Waals surface area contributed by atoms with E-state index in [4.69, 9.17) is 19.9 Å². The summed E-state index contributed by atoms with van der Waals surface area (Å²) in [4.78, 5) is 65.1. The number of hydrogen-bond donors (Lipinski definition) is 7. The lowest BCUT2D eigenvalue weighted by Gasteiger charge is -2.43. The van der Waals surface area contributed by atoms with Gasteiger partial charge in [0.25, 0.3) is 11.8 Å². The lowest BCUT2D eigenvalue weighted by molar-refractivity contribution is -0.245. The molecule has 2 aromatic rings. The number of benzene rings is 2. The number of hydrazone groups is 1. The molecule has 2 aliphatic carbocycles. The monoisotopic (exact) mass is 750 g/mol. The Morgan fingerprint density at radius 2 is 1.76 bits per heavy atom. The van der Waals surface area contributed by atoms with E-state index in [0.29, 0.717) is 19.3 Å². The average molecular weight is 751 g/mol. The maximum Gasteiger partial charge on any atom is 0.253 e. The summed E-state index contributed by atoms with van der Waals surface area (Å²) in [5.74, 6) is -4.25. The Morgan fingerprint density at radius 1 is 1.06 bits per heavy atom. The zero-order valence-electron chi connectivity index (χ0n) is 29.6. The number of ketones is 2. The molecule has 17 heteroatoms. The van der Waals surface area contributed by atoms with Gasteiger partial charge in [-0.25, -0.2) is 5.43 Å². The van der Waals surface area contributed by atoms with Gasteiger partial charge in [0.1, 0.15) is 22.8 Å². The molecule has 17 nitrogen and oxygen atoms in total. The molecule has 4 unspecified atom stereocenters. The number of carbonyl (C=O) groups is 5. The van der Waals surface area contributed by atoms with Gasteiger partial charge in [0, 0.05) is 67.1 Å². The highest BCUT2D eigenvalue weighted by atomic mass is 16.7. The fraction of sp³-hybridized carbons (Fsp3) is 0.459. The van der Waals surface area contributed by atoms with Crippen LogP contribution in [0.4, 0.5) is 0 Å². The molecule has 1 fully saturated rings. The number of ether oxygens (including phenoxy) is 3. The van der Waals surface area contributed by atoms with Gasteiger partial charge in [-0.05, 0) is 25.8 Å². The highest BCUT2D eigenvalue weighted by Gasteiger charge is 2.49. The maximum atomic E-state index is 14.0. The second-order valence-corrected chi connectivity index (χ2v) is 13.8. The predicted molar refractivity (Wildman–Crippen MR) is 187 cm³/mol. The fourth-order valence-electron chi connectivity index (χ4n) is 7.47. The Bertz CT molecular complexity index is 1930. The lowest BCUT2D eigenvalue weighted by Crippen LogP contribution is -2.53. The van der Waals surface area contributed by atoms with E-state index in [0.717, 1.165) is 4.90 Å². The molecule has 2 aromatic carbocycles. The number of unbranched alkanes of at least 4 members (excludes halogenated alkanes) is 2. The van der Waals surface area contributed by atoms with Crippen molar-refractivity contribution in [3.05, 3.63) is 63.7 Å². The molecular formula is C37H42N4O13. The van der Waals surface area contributed by atoms with Crippen molar-refractivity contribution in [1.82, 2.24) is 10.3 Å². The SMILES string of the molecule is COc1cccc2c1C(=O)c1c(O)c3c(c(O)c1C2=O)C[C@@](O)(C(CO)=NNC(=O)CCCCCN1C(=O)C=CC1=O)CC3O[C@@H]1CC(N)C(O)C(C)O1. The molecule has 4 aliphatic rings. The molecule has 1 saturated heterocycles. The van der Waals surface area contributed by atoms with E-state index in [9.17, 15) is 49.5 Å². The number of phenolic OH excluding ortho intramolecular Hbond substituents is 2. The summed E-state index contributed by atoms with van der Waals surface area (Å²) >= 11 is 0. The molecule has 0 aromatic heterocycles. The number of nitrogens with zero attached hydrogens (tertiary/aromatic N) is 2. The zero-order chi connectivity index (χ0) is 39.1. The molecule has 2 aliphatic heterocycles. The number of nitrogens with two attached hydrogens (primary N) is 1. The molecule has 2 heterocycles. The minimum atomic E-state index is -2.16. The van der Waals surface area contributed by atoms with Crippen LogP contribution in [0.3, 0.4) is 0 Å². The topological polar surface area (TPSA) is 268 Å². The van der Waals surface area contributed by atoms with Gasteiger partial charge < -0.3 is 45.5 Å². The Balaban J connectivity index is 1.29. The Kier molecular flexibility index (Phi) is 11.0. The first-order chi connectivity index (χ1) is 25.7. The van der Waals surface area contributed by atoms with Crippen molar-refractivity contribution in [3.8, 4) is 17.2 Å². The van der Waals surface area contributed by atoms with Crippen LogP contribution in [0, 0.1) is 0 Å². The van der Waals surface area contributed by atoms with E-state index >= 15 is 0 Å². The number of amides is 3. The number of rotatable bonds is 12. The number of aliphatic hydroxyl groups is 3. The second-order valence-electron chi connectivity index (χ2n) is 13.8. The number of fused-ring (bicyclic) bond motifs is 3. The highest BCUT2D eigenvalue weighted by Crippen LogP contribution is 2.52. The summed E-state index contributed by atoms with van der Waals surface area (Å²) in [5.41, 5.74) is 4.46. The molecule has 288 valence electrons. The summed E-state index contributed by atoms with van der Waals surface area (Å²) < 4.78 is 17.4. The maximum absolute atomic E-state index is 14.0. The van der Waals surface area contributed by atoms with Gasteiger partial charge >= 0.3 is 0 Å². The number of aromatic hydroxyl groups is 2. The van der Waals surface area contributed by atoms with Crippen molar-refractivity contribution < 1.29 is 63.7 Å². The van der Waals surface area contributed by atoms with Crippen molar-refractivity contribution in [3.63, 3.8) is 0 Å². The van der Waals surface area contributed by atoms with Gasteiger partial charge in [0.05, 0.1) is 54.4 Å². The van der Waals surface area contributed by atoms with Crippen molar-refractivity contribution in [2.24, 2.45) is 10.8 Å². The summed E-state index contributed by atoms with van der Waals surface area (Å²) in [6, 6.07) is 3.57. The van der Waals surface area contributed by atoms with Crippen molar-refractivity contribution in [2.75, 3.05) is 20.3 Å². The number of phenols is 2. The molecule has 6 atom stereocenters. The smallest absolute Gasteiger partial charge is 0.253 e. The van der Waals surface area contributed by atoms with Crippen LogP contribution in [-0.2, 0) is 30.3 Å². The van der Waals surface area contributed by atoms with Crippen LogP contribution >= 0.6 is 0 Å². The van der Waals surface area contributed by atoms with E-state index in [1.54, 1.807) is 6.92 Å². The standard InChI is InChI=1S/C37H42N4O13/c1-17-32(46)20(38)13-27(53-17)54-22-15-37(51,23(16-42)39-40-24(43)9-4-3-5-12-41-25(44)10-11-26(41)45)14-19-29(22)36(50)31-30(34(19)48)33(47)18-7-6-8-21(52-2)28(18)35(31)49/h6-8,10-11,17,20,22,27,32,42,46,48,50-51H,3-5,9,12-16,38H2,1-2H3,(H,40,43)/t17?,20?,22?,27-,32?,37+/m1/s1. The summed E-state index contributed by atoms with van der Waals surface area (Å²) in [7, 11) is 1.32. The zero-order valence-corrected chi connectivity index (χ0v) is 29.6. The van der Waals surface area contributed by atoms with Gasteiger partial charge in [0.2, 0.25) is 11.7 Å². The Hall–Kier alpha value is -5.04. The number of hydrogen-bond acceptors (Lipinski definition) is 15. The molecule has 6 rings (SSSR count). The number of imide groups is 1. The third-order valence-corrected chi connectivity index (χ3v) is 10.3. The van der Waals surface area contributed by atoms with Gasteiger partial charge in [-0.1, -0.05) is 18.6 Å². The van der Waals surface area contributed by atoms with E-state index in [1.165, 1.54) is 37.5 Å². The third kappa shape index (κ3) is 7.01. The second kappa shape index (κ2) is 15.4. The van der Waals surface area contributed by atoms with Crippen LogP contribution in [-0.4, -0.2) is 116 Å². The molecular weight excluding hydrogens is 708 g/mol. The van der Waals surface area contributed by atoms with E-state index in [-0.39, 0.29) is 53.1 Å². The minimum Gasteiger partial charge on any atom is -0.507 e. The summed E-state index contributed by atoms with van der Waals surface area (Å²) in [6.45, 7) is 0.910. The van der Waals surface area contributed by atoms with Crippen LogP contribution < -0.4 is 15.9 Å². The molecule has 54 heavy (non-hydrogen) atoms. The van der Waals surface area contributed by atoms with Gasteiger partial charge in [0.15, 0.2) is 12.1 Å². The lowest BCUT2D eigenvalue weighted by atomic mass is 9.71. The van der Waals surface area contributed by atoms with Crippen LogP contribution in [0.25, 0.3) is 0 Å². The van der Waals surface area contributed by atoms with Crippen LogP contribution in [0.15, 0.2) is 35.5 Å². The highest BCUT2D eigenvalue weighted by molar-refractivity contribution is 6.31.